The van der Waals surface area contributed by atoms with Crippen molar-refractivity contribution in [3.8, 4) is 0 Å². The molecule has 4 rings (SSSR count). The molecule has 1 saturated heterocycles. The molecule has 5 nitrogen and oxygen atoms in total. The second kappa shape index (κ2) is 8.68. The fourth-order valence-corrected chi connectivity index (χ4v) is 4.76. The molecule has 3 fully saturated rings. The van der Waals surface area contributed by atoms with Crippen molar-refractivity contribution >= 4 is 17.6 Å². The van der Waals surface area contributed by atoms with Crippen LogP contribution in [0.25, 0.3) is 0 Å². The maximum absolute atomic E-state index is 12.9. The molecule has 2 aliphatic carbocycles. The summed E-state index contributed by atoms with van der Waals surface area (Å²) in [6.07, 6.45) is 8.06. The Morgan fingerprint density at radius 2 is 1.79 bits per heavy atom. The number of hydrogen-bond donors (Lipinski definition) is 1. The number of nitrogens with zero attached hydrogens (tertiary/aromatic N) is 1. The van der Waals surface area contributed by atoms with E-state index in [-0.39, 0.29) is 29.6 Å². The monoisotopic (exact) mass is 396 g/mol. The van der Waals surface area contributed by atoms with Crippen LogP contribution < -0.4 is 5.32 Å². The molecule has 1 unspecified atom stereocenters. The van der Waals surface area contributed by atoms with Gasteiger partial charge in [0.05, 0.1) is 6.04 Å². The summed E-state index contributed by atoms with van der Waals surface area (Å²) in [6.45, 7) is 3.37. The smallest absolute Gasteiger partial charge is 0.251 e. The van der Waals surface area contributed by atoms with Gasteiger partial charge in [-0.3, -0.25) is 14.4 Å². The lowest BCUT2D eigenvalue weighted by Crippen LogP contribution is -2.49. The van der Waals surface area contributed by atoms with Crippen LogP contribution in [0, 0.1) is 11.8 Å². The summed E-state index contributed by atoms with van der Waals surface area (Å²) >= 11 is 0. The molecule has 1 heterocycles. The van der Waals surface area contributed by atoms with E-state index in [0.717, 1.165) is 57.2 Å². The highest BCUT2D eigenvalue weighted by Gasteiger charge is 2.39. The van der Waals surface area contributed by atoms with Crippen LogP contribution in [-0.2, 0) is 9.59 Å². The molecule has 1 aromatic carbocycles. The normalized spacial score (nSPS) is 21.3. The van der Waals surface area contributed by atoms with E-state index in [1.54, 1.807) is 0 Å². The van der Waals surface area contributed by atoms with Crippen LogP contribution in [0.1, 0.15) is 80.1 Å². The standard InChI is InChI=1S/C24H32N2O3/c1-2-21(27)22(16-7-4-3-5-8-16)25-23(28)19-10-6-9-18(13-19)20-14-26(15-20)24(29)17-11-12-17/h6,9-10,13,16-17,20,22H,2-5,7-8,11-12,14-15H2,1H3,(H,25,28). The third-order valence-electron chi connectivity index (χ3n) is 6.84. The Balaban J connectivity index is 1.39. The van der Waals surface area contributed by atoms with Gasteiger partial charge in [-0.25, -0.2) is 0 Å². The maximum atomic E-state index is 12.9. The molecule has 0 spiro atoms. The quantitative estimate of drug-likeness (QED) is 0.764. The summed E-state index contributed by atoms with van der Waals surface area (Å²) in [4.78, 5) is 39.5. The van der Waals surface area contributed by atoms with Crippen LogP contribution in [0.2, 0.25) is 0 Å². The Kier molecular flexibility index (Phi) is 6.02. The molecule has 0 radical (unpaired) electrons. The number of rotatable bonds is 7. The minimum atomic E-state index is -0.369. The molecule has 0 bridgehead atoms. The van der Waals surface area contributed by atoms with Gasteiger partial charge in [0, 0.05) is 36.9 Å². The first-order valence-corrected chi connectivity index (χ1v) is 11.3. The summed E-state index contributed by atoms with van der Waals surface area (Å²) in [5, 5.41) is 3.05. The Hall–Kier alpha value is -2.17. The second-order valence-electron chi connectivity index (χ2n) is 9.01. The fourth-order valence-electron chi connectivity index (χ4n) is 4.76. The highest BCUT2D eigenvalue weighted by atomic mass is 16.2. The Morgan fingerprint density at radius 3 is 2.45 bits per heavy atom. The molecule has 2 saturated carbocycles. The van der Waals surface area contributed by atoms with Crippen molar-refractivity contribution in [3.63, 3.8) is 0 Å². The first-order chi connectivity index (χ1) is 14.1. The number of nitrogens with one attached hydrogen (secondary N) is 1. The topological polar surface area (TPSA) is 66.5 Å². The summed E-state index contributed by atoms with van der Waals surface area (Å²) < 4.78 is 0. The van der Waals surface area contributed by atoms with Gasteiger partial charge in [0.2, 0.25) is 5.91 Å². The van der Waals surface area contributed by atoms with Gasteiger partial charge >= 0.3 is 0 Å². The predicted molar refractivity (Wildman–Crippen MR) is 112 cm³/mol. The lowest BCUT2D eigenvalue weighted by atomic mass is 9.81. The van der Waals surface area contributed by atoms with Crippen LogP contribution in [0.15, 0.2) is 24.3 Å². The van der Waals surface area contributed by atoms with Gasteiger partial charge in [-0.15, -0.1) is 0 Å². The molecule has 1 N–H and O–H groups in total. The van der Waals surface area contributed by atoms with E-state index >= 15 is 0 Å². The minimum Gasteiger partial charge on any atom is -0.342 e. The number of benzene rings is 1. The van der Waals surface area contributed by atoms with E-state index in [0.29, 0.717) is 23.8 Å². The molecular formula is C24H32N2O3. The average Bonchev–Trinajstić information content (AvgIpc) is 3.56. The summed E-state index contributed by atoms with van der Waals surface area (Å²) in [5.74, 6) is 1.10. The zero-order chi connectivity index (χ0) is 20.4. The molecule has 1 aromatic rings. The van der Waals surface area contributed by atoms with Crippen LogP contribution in [0.4, 0.5) is 0 Å². The zero-order valence-electron chi connectivity index (χ0n) is 17.4. The highest BCUT2D eigenvalue weighted by molar-refractivity contribution is 5.98. The summed E-state index contributed by atoms with van der Waals surface area (Å²) in [6, 6.07) is 7.34. The summed E-state index contributed by atoms with van der Waals surface area (Å²) in [7, 11) is 0. The van der Waals surface area contributed by atoms with E-state index in [1.807, 2.05) is 36.1 Å². The fraction of sp³-hybridized carbons (Fsp3) is 0.625. The number of hydrogen-bond acceptors (Lipinski definition) is 3. The van der Waals surface area contributed by atoms with Crippen LogP contribution in [-0.4, -0.2) is 41.6 Å². The van der Waals surface area contributed by atoms with Gasteiger partial charge in [-0.05, 0) is 49.3 Å². The highest BCUT2D eigenvalue weighted by Crippen LogP contribution is 2.36. The van der Waals surface area contributed by atoms with Crippen LogP contribution >= 0.6 is 0 Å². The molecule has 29 heavy (non-hydrogen) atoms. The zero-order valence-corrected chi connectivity index (χ0v) is 17.4. The van der Waals surface area contributed by atoms with E-state index in [9.17, 15) is 14.4 Å². The van der Waals surface area contributed by atoms with E-state index in [2.05, 4.69) is 5.32 Å². The van der Waals surface area contributed by atoms with E-state index in [1.165, 1.54) is 6.42 Å². The Morgan fingerprint density at radius 1 is 1.07 bits per heavy atom. The summed E-state index contributed by atoms with van der Waals surface area (Å²) in [5.41, 5.74) is 1.72. The first-order valence-electron chi connectivity index (χ1n) is 11.3. The average molecular weight is 397 g/mol. The van der Waals surface area contributed by atoms with Gasteiger partial charge in [0.15, 0.2) is 5.78 Å². The first kappa shape index (κ1) is 20.1. The molecule has 2 amide bonds. The number of Topliss-reactive ketones (excluding diaryl/α,β-unsaturated/α-hetero) is 1. The molecule has 156 valence electrons. The number of likely N-dealkylation sites (tertiary alicyclic amines) is 1. The molecule has 1 aliphatic heterocycles. The molecule has 1 atom stereocenters. The van der Waals surface area contributed by atoms with Crippen molar-refractivity contribution in [2.75, 3.05) is 13.1 Å². The number of ketones is 1. The van der Waals surface area contributed by atoms with Crippen molar-refractivity contribution in [2.24, 2.45) is 11.8 Å². The van der Waals surface area contributed by atoms with E-state index < -0.39 is 0 Å². The Bertz CT molecular complexity index is 774. The molecule has 0 aromatic heterocycles. The minimum absolute atomic E-state index is 0.134. The van der Waals surface area contributed by atoms with Crippen LogP contribution in [0.3, 0.4) is 0 Å². The van der Waals surface area contributed by atoms with Crippen molar-refractivity contribution in [3.05, 3.63) is 35.4 Å². The van der Waals surface area contributed by atoms with Crippen molar-refractivity contribution < 1.29 is 14.4 Å². The SMILES string of the molecule is CCC(=O)C(NC(=O)c1cccc(C2CN(C(=O)C3CC3)C2)c1)C1CCCCC1. The molecule has 3 aliphatic rings. The predicted octanol–water partition coefficient (Wildman–Crippen LogP) is 3.68. The van der Waals surface area contributed by atoms with Gasteiger partial charge in [0.25, 0.3) is 5.91 Å². The van der Waals surface area contributed by atoms with E-state index in [4.69, 9.17) is 0 Å². The Labute approximate surface area is 173 Å². The van der Waals surface area contributed by atoms with Gasteiger partial charge in [-0.1, -0.05) is 38.3 Å². The van der Waals surface area contributed by atoms with Gasteiger partial charge in [0.1, 0.15) is 0 Å². The van der Waals surface area contributed by atoms with Crippen molar-refractivity contribution in [2.45, 2.75) is 70.3 Å². The number of carbonyl (C=O) groups excluding carboxylic acids is 3. The van der Waals surface area contributed by atoms with Crippen molar-refractivity contribution in [1.29, 1.82) is 0 Å². The second-order valence-corrected chi connectivity index (χ2v) is 9.01. The lowest BCUT2D eigenvalue weighted by Gasteiger charge is -2.40. The third-order valence-corrected chi connectivity index (χ3v) is 6.84. The third kappa shape index (κ3) is 4.54. The lowest BCUT2D eigenvalue weighted by molar-refractivity contribution is -0.137. The number of carbonyl (C=O) groups is 3. The number of amides is 2. The largest absolute Gasteiger partial charge is 0.342 e. The van der Waals surface area contributed by atoms with Crippen LogP contribution in [0.5, 0.6) is 0 Å². The molecular weight excluding hydrogens is 364 g/mol. The molecule has 5 heteroatoms. The maximum Gasteiger partial charge on any atom is 0.251 e. The van der Waals surface area contributed by atoms with Crippen molar-refractivity contribution in [1.82, 2.24) is 10.2 Å². The van der Waals surface area contributed by atoms with Gasteiger partial charge < -0.3 is 10.2 Å². The van der Waals surface area contributed by atoms with Gasteiger partial charge in [-0.2, -0.15) is 0 Å².